The topological polar surface area (TPSA) is 37.4 Å². The van der Waals surface area contributed by atoms with Crippen LogP contribution in [-0.4, -0.2) is 26.1 Å². The molecule has 0 aliphatic carbocycles. The second kappa shape index (κ2) is 1.92. The van der Waals surface area contributed by atoms with E-state index in [2.05, 4.69) is 0 Å². The summed E-state index contributed by atoms with van der Waals surface area (Å²) in [6.45, 7) is 0. The van der Waals surface area contributed by atoms with Gasteiger partial charge in [0.2, 0.25) is 5.91 Å². The highest BCUT2D eigenvalue weighted by molar-refractivity contribution is 7.85. The van der Waals surface area contributed by atoms with E-state index in [1.165, 1.54) is 0 Å². The Morgan fingerprint density at radius 1 is 1.70 bits per heavy atom. The highest BCUT2D eigenvalue weighted by Gasteiger charge is 2.40. The van der Waals surface area contributed by atoms with Gasteiger partial charge in [-0.3, -0.25) is 9.00 Å². The lowest BCUT2D eigenvalue weighted by Gasteiger charge is -2.38. The monoisotopic (exact) mass is 157 g/mol. The summed E-state index contributed by atoms with van der Waals surface area (Å²) < 4.78 is 11.1. The number of nitrogens with zero attached hydrogens (tertiary/aromatic N) is 1. The van der Waals surface area contributed by atoms with E-state index >= 15 is 0 Å². The second-order valence-electron chi connectivity index (χ2n) is 2.39. The van der Waals surface area contributed by atoms with Crippen LogP contribution in [0.2, 0.25) is 0 Å². The van der Waals surface area contributed by atoms with E-state index < -0.39 is 10.8 Å². The SMILES string of the molecule is O=C1C[C@H]2N1C=CC[S@]2=O. The predicted octanol–water partition coefficient (Wildman–Crippen LogP) is -0.179. The van der Waals surface area contributed by atoms with Crippen LogP contribution in [0.5, 0.6) is 0 Å². The van der Waals surface area contributed by atoms with Crippen LogP contribution in [0.15, 0.2) is 12.3 Å². The molecule has 4 heteroatoms. The zero-order valence-corrected chi connectivity index (χ0v) is 6.13. The molecule has 54 valence electrons. The minimum atomic E-state index is -0.831. The molecule has 0 bridgehead atoms. The summed E-state index contributed by atoms with van der Waals surface area (Å²) in [5.41, 5.74) is 0. The summed E-state index contributed by atoms with van der Waals surface area (Å²) in [7, 11) is -0.831. The van der Waals surface area contributed by atoms with Crippen LogP contribution >= 0.6 is 0 Å². The van der Waals surface area contributed by atoms with Crippen molar-refractivity contribution in [3.8, 4) is 0 Å². The minimum absolute atomic E-state index is 0.00231. The number of carbonyl (C=O) groups is 1. The van der Waals surface area contributed by atoms with Gasteiger partial charge in [0.25, 0.3) is 0 Å². The van der Waals surface area contributed by atoms with Gasteiger partial charge < -0.3 is 4.90 Å². The number of carbonyl (C=O) groups excluding carboxylic acids is 1. The van der Waals surface area contributed by atoms with Crippen LogP contribution < -0.4 is 0 Å². The van der Waals surface area contributed by atoms with Gasteiger partial charge in [0, 0.05) is 22.8 Å². The summed E-state index contributed by atoms with van der Waals surface area (Å²) in [5.74, 6) is 0.698. The first-order valence-corrected chi connectivity index (χ1v) is 4.52. The van der Waals surface area contributed by atoms with Crippen LogP contribution in [0.1, 0.15) is 6.42 Å². The normalized spacial score (nSPS) is 37.2. The fourth-order valence-electron chi connectivity index (χ4n) is 1.16. The molecule has 2 heterocycles. The number of β-lactam (4-membered cyclic amide) rings is 1. The zero-order valence-electron chi connectivity index (χ0n) is 5.32. The first kappa shape index (κ1) is 6.09. The highest BCUT2D eigenvalue weighted by Crippen LogP contribution is 2.25. The molecule has 0 unspecified atom stereocenters. The van der Waals surface area contributed by atoms with Crippen LogP contribution in [-0.2, 0) is 15.6 Å². The van der Waals surface area contributed by atoms with Crippen molar-refractivity contribution in [2.24, 2.45) is 0 Å². The molecule has 0 aromatic rings. The Morgan fingerprint density at radius 2 is 2.50 bits per heavy atom. The largest absolute Gasteiger partial charge is 0.304 e. The Balaban J connectivity index is 2.25. The fourth-order valence-corrected chi connectivity index (χ4v) is 2.43. The van der Waals surface area contributed by atoms with Crippen molar-refractivity contribution in [2.75, 3.05) is 5.75 Å². The lowest BCUT2D eigenvalue weighted by molar-refractivity contribution is -0.137. The van der Waals surface area contributed by atoms with E-state index in [1.807, 2.05) is 0 Å². The van der Waals surface area contributed by atoms with Gasteiger partial charge in [-0.1, -0.05) is 6.08 Å². The van der Waals surface area contributed by atoms with Crippen molar-refractivity contribution in [1.82, 2.24) is 4.90 Å². The molecule has 2 rings (SSSR count). The molecule has 10 heavy (non-hydrogen) atoms. The van der Waals surface area contributed by atoms with Gasteiger partial charge >= 0.3 is 0 Å². The van der Waals surface area contributed by atoms with E-state index in [1.54, 1.807) is 17.2 Å². The molecule has 1 saturated heterocycles. The van der Waals surface area contributed by atoms with Crippen LogP contribution in [0.4, 0.5) is 0 Å². The van der Waals surface area contributed by atoms with E-state index in [4.69, 9.17) is 0 Å². The maximum atomic E-state index is 11.1. The molecule has 0 N–H and O–H groups in total. The molecular weight excluding hydrogens is 150 g/mol. The number of hydrogen-bond acceptors (Lipinski definition) is 2. The summed E-state index contributed by atoms with van der Waals surface area (Å²) >= 11 is 0. The molecule has 1 fully saturated rings. The maximum absolute atomic E-state index is 11.1. The molecule has 0 aromatic heterocycles. The highest BCUT2D eigenvalue weighted by atomic mass is 32.2. The Bertz CT molecular complexity index is 236. The molecule has 2 aliphatic heterocycles. The van der Waals surface area contributed by atoms with Crippen LogP contribution in [0.25, 0.3) is 0 Å². The maximum Gasteiger partial charge on any atom is 0.230 e. The lowest BCUT2D eigenvalue weighted by Crippen LogP contribution is -2.53. The molecule has 0 saturated carbocycles. The quantitative estimate of drug-likeness (QED) is 0.457. The Labute approximate surface area is 61.2 Å². The third-order valence-electron chi connectivity index (χ3n) is 1.78. The average Bonchev–Trinajstić information content (AvgIpc) is 1.91. The summed E-state index contributed by atoms with van der Waals surface area (Å²) in [4.78, 5) is 12.3. The van der Waals surface area contributed by atoms with Gasteiger partial charge in [0.05, 0.1) is 6.42 Å². The Kier molecular flexibility index (Phi) is 1.17. The van der Waals surface area contributed by atoms with Gasteiger partial charge in [-0.15, -0.1) is 0 Å². The van der Waals surface area contributed by atoms with Crippen LogP contribution in [0.3, 0.4) is 0 Å². The summed E-state index contributed by atoms with van der Waals surface area (Å²) in [6.07, 6.45) is 3.98. The Hall–Kier alpha value is -0.640. The third-order valence-corrected chi connectivity index (χ3v) is 3.30. The van der Waals surface area contributed by atoms with Gasteiger partial charge in [-0.25, -0.2) is 0 Å². The van der Waals surface area contributed by atoms with Crippen LogP contribution in [0, 0.1) is 0 Å². The number of hydrogen-bond donors (Lipinski definition) is 0. The molecule has 2 aliphatic rings. The number of rotatable bonds is 0. The first-order valence-electron chi connectivity index (χ1n) is 3.14. The molecule has 0 spiro atoms. The molecule has 0 aromatic carbocycles. The Morgan fingerprint density at radius 3 is 3.10 bits per heavy atom. The number of fused-ring (bicyclic) bond motifs is 1. The van der Waals surface area contributed by atoms with Gasteiger partial charge in [0.1, 0.15) is 5.37 Å². The first-order chi connectivity index (χ1) is 4.79. The van der Waals surface area contributed by atoms with Gasteiger partial charge in [-0.05, 0) is 0 Å². The van der Waals surface area contributed by atoms with Crippen molar-refractivity contribution in [1.29, 1.82) is 0 Å². The molecular formula is C6H7NO2S. The zero-order chi connectivity index (χ0) is 7.14. The van der Waals surface area contributed by atoms with Gasteiger partial charge in [-0.2, -0.15) is 0 Å². The number of amides is 1. The average molecular weight is 157 g/mol. The van der Waals surface area contributed by atoms with Crippen molar-refractivity contribution in [2.45, 2.75) is 11.8 Å². The van der Waals surface area contributed by atoms with E-state index in [0.29, 0.717) is 12.2 Å². The molecule has 0 radical (unpaired) electrons. The summed E-state index contributed by atoms with van der Waals surface area (Å²) in [5, 5.41) is -0.00231. The second-order valence-corrected chi connectivity index (χ2v) is 4.03. The lowest BCUT2D eigenvalue weighted by atomic mass is 10.2. The van der Waals surface area contributed by atoms with Crippen molar-refractivity contribution < 1.29 is 9.00 Å². The smallest absolute Gasteiger partial charge is 0.230 e. The molecule has 3 nitrogen and oxygen atoms in total. The van der Waals surface area contributed by atoms with Crippen molar-refractivity contribution in [3.05, 3.63) is 12.3 Å². The standard InChI is InChI=1S/C6H7NO2S/c8-5-4-6-7(5)2-1-3-10(6)9/h1-2,6H,3-4H2/t6-,10+/m0/s1. The van der Waals surface area contributed by atoms with E-state index in [-0.39, 0.29) is 11.3 Å². The third kappa shape index (κ3) is 0.653. The van der Waals surface area contributed by atoms with E-state index in [9.17, 15) is 9.00 Å². The predicted molar refractivity (Wildman–Crippen MR) is 37.4 cm³/mol. The molecule has 1 amide bonds. The fraction of sp³-hybridized carbons (Fsp3) is 0.500. The van der Waals surface area contributed by atoms with Gasteiger partial charge in [0.15, 0.2) is 0 Å². The summed E-state index contributed by atoms with van der Waals surface area (Å²) in [6, 6.07) is 0. The van der Waals surface area contributed by atoms with Crippen molar-refractivity contribution in [3.63, 3.8) is 0 Å². The van der Waals surface area contributed by atoms with E-state index in [0.717, 1.165) is 0 Å². The molecule has 2 atom stereocenters. The minimum Gasteiger partial charge on any atom is -0.304 e. The van der Waals surface area contributed by atoms with Crippen molar-refractivity contribution >= 4 is 16.7 Å².